The molecule has 0 aliphatic heterocycles. The summed E-state index contributed by atoms with van der Waals surface area (Å²) in [6.45, 7) is 6.28. The molecule has 0 unspecified atom stereocenters. The lowest BCUT2D eigenvalue weighted by Gasteiger charge is -2.27. The van der Waals surface area contributed by atoms with Gasteiger partial charge in [0.2, 0.25) is 5.91 Å². The van der Waals surface area contributed by atoms with Crippen molar-refractivity contribution in [3.63, 3.8) is 0 Å². The molecule has 0 aliphatic rings. The highest BCUT2D eigenvalue weighted by molar-refractivity contribution is 7.51. The monoisotopic (exact) mass is 386 g/mol. The van der Waals surface area contributed by atoms with Crippen LogP contribution < -0.4 is 10.4 Å². The summed E-state index contributed by atoms with van der Waals surface area (Å²) in [6, 6.07) is 8.12. The van der Waals surface area contributed by atoms with Crippen molar-refractivity contribution in [2.45, 2.75) is 52.4 Å². The highest BCUT2D eigenvalue weighted by Crippen LogP contribution is 2.47. The van der Waals surface area contributed by atoms with Gasteiger partial charge >= 0.3 is 13.7 Å². The summed E-state index contributed by atoms with van der Waals surface area (Å²) in [5.41, 5.74) is 0.816. The average molecular weight is 386 g/mol. The van der Waals surface area contributed by atoms with Crippen molar-refractivity contribution in [2.75, 3.05) is 6.54 Å². The highest BCUT2D eigenvalue weighted by atomic mass is 31.2. The summed E-state index contributed by atoms with van der Waals surface area (Å²) in [6.07, 6.45) is -0.600. The third-order valence-corrected chi connectivity index (χ3v) is 5.05. The number of rotatable bonds is 11. The number of carbonyl (C=O) groups excluding carboxylic acids is 1. The molecular weight excluding hydrogens is 359 g/mol. The van der Waals surface area contributed by atoms with Gasteiger partial charge in [-0.3, -0.25) is 18.6 Å². The first-order chi connectivity index (χ1) is 12.1. The number of aliphatic carboxylic acids is 1. The number of carbonyl (C=O) groups is 2. The molecule has 3 N–H and O–H groups in total. The first kappa shape index (κ1) is 22.3. The van der Waals surface area contributed by atoms with Gasteiger partial charge in [0, 0.05) is 0 Å². The van der Waals surface area contributed by atoms with E-state index in [1.165, 1.54) is 0 Å². The minimum atomic E-state index is -3.78. The van der Waals surface area contributed by atoms with Gasteiger partial charge < -0.3 is 10.4 Å². The van der Waals surface area contributed by atoms with Crippen LogP contribution in [0.5, 0.6) is 0 Å². The first-order valence-corrected chi connectivity index (χ1v) is 9.93. The molecule has 0 spiro atoms. The van der Waals surface area contributed by atoms with Crippen LogP contribution >= 0.6 is 7.75 Å². The van der Waals surface area contributed by atoms with Gasteiger partial charge in [-0.05, 0) is 39.7 Å². The third kappa shape index (κ3) is 8.58. The van der Waals surface area contributed by atoms with Crippen molar-refractivity contribution in [1.29, 1.82) is 0 Å². The molecular formula is C17H27N2O6P. The lowest BCUT2D eigenvalue weighted by molar-refractivity contribution is -0.138. The largest absolute Gasteiger partial charge is 0.480 e. The number of benzene rings is 1. The third-order valence-electron chi connectivity index (χ3n) is 3.03. The number of carboxylic acids is 1. The summed E-state index contributed by atoms with van der Waals surface area (Å²) in [7, 11) is -3.78. The van der Waals surface area contributed by atoms with E-state index < -0.39 is 44.4 Å². The van der Waals surface area contributed by atoms with E-state index >= 15 is 0 Å². The van der Waals surface area contributed by atoms with E-state index in [1.54, 1.807) is 27.7 Å². The second-order valence-corrected chi connectivity index (χ2v) is 7.96. The fraction of sp³-hybridized carbons (Fsp3) is 0.529. The lowest BCUT2D eigenvalue weighted by atomic mass is 10.1. The van der Waals surface area contributed by atoms with Gasteiger partial charge in [-0.1, -0.05) is 30.3 Å². The van der Waals surface area contributed by atoms with Gasteiger partial charge in [-0.15, -0.1) is 0 Å². The minimum Gasteiger partial charge on any atom is -0.480 e. The summed E-state index contributed by atoms with van der Waals surface area (Å²) in [4.78, 5) is 23.2. The fourth-order valence-corrected chi connectivity index (χ4v) is 4.04. The number of nitrogens with one attached hydrogen (secondary N) is 2. The Bertz CT molecular complexity index is 621. The minimum absolute atomic E-state index is 0.194. The predicted molar refractivity (Wildman–Crippen MR) is 97.8 cm³/mol. The van der Waals surface area contributed by atoms with Crippen molar-refractivity contribution in [3.8, 4) is 0 Å². The Morgan fingerprint density at radius 3 is 2.08 bits per heavy atom. The standard InChI is InChI=1S/C17H27N2O6P/c1-12(2)24-26(23,25-13(3)4)19-15(17(22)18-11-16(20)21)10-14-8-6-5-7-9-14/h5-9,12-13,15H,10-11H2,1-4H3,(H,18,22)(H,19,23)(H,20,21)/t15-/m0/s1. The molecule has 1 atom stereocenters. The average Bonchev–Trinajstić information content (AvgIpc) is 2.51. The Morgan fingerprint density at radius 1 is 1.08 bits per heavy atom. The van der Waals surface area contributed by atoms with Gasteiger partial charge in [-0.25, -0.2) is 9.65 Å². The fourth-order valence-electron chi connectivity index (χ4n) is 2.16. The lowest BCUT2D eigenvalue weighted by Crippen LogP contribution is -2.46. The van der Waals surface area contributed by atoms with Crippen LogP contribution in [-0.4, -0.2) is 41.8 Å². The number of amides is 1. The Kier molecular flexibility index (Phi) is 8.95. The normalized spacial score (nSPS) is 13.0. The van der Waals surface area contributed by atoms with E-state index in [0.717, 1.165) is 5.56 Å². The summed E-state index contributed by atoms with van der Waals surface area (Å²) >= 11 is 0. The summed E-state index contributed by atoms with van der Waals surface area (Å²) in [5, 5.41) is 13.7. The van der Waals surface area contributed by atoms with Crippen LogP contribution in [0.3, 0.4) is 0 Å². The van der Waals surface area contributed by atoms with Crippen LogP contribution in [0.25, 0.3) is 0 Å². The zero-order valence-electron chi connectivity index (χ0n) is 15.5. The molecule has 146 valence electrons. The molecule has 0 saturated heterocycles. The van der Waals surface area contributed by atoms with Gasteiger partial charge in [0.05, 0.1) is 12.2 Å². The maximum absolute atomic E-state index is 13.0. The SMILES string of the molecule is CC(C)OP(=O)(N[C@@H](Cc1ccccc1)C(=O)NCC(=O)O)OC(C)C. The van der Waals surface area contributed by atoms with Gasteiger partial charge in [-0.2, -0.15) is 0 Å². The van der Waals surface area contributed by atoms with Crippen molar-refractivity contribution in [1.82, 2.24) is 10.4 Å². The molecule has 0 radical (unpaired) electrons. The smallest absolute Gasteiger partial charge is 0.406 e. The number of hydrogen-bond acceptors (Lipinski definition) is 5. The van der Waals surface area contributed by atoms with E-state index in [4.69, 9.17) is 14.2 Å². The summed E-state index contributed by atoms with van der Waals surface area (Å²) in [5.74, 6) is -1.77. The topological polar surface area (TPSA) is 114 Å². The maximum Gasteiger partial charge on any atom is 0.406 e. The Labute approximate surface area is 153 Å². The van der Waals surface area contributed by atoms with E-state index in [9.17, 15) is 14.2 Å². The Hall–Kier alpha value is -1.73. The maximum atomic E-state index is 13.0. The van der Waals surface area contributed by atoms with Crippen LogP contribution in [0.2, 0.25) is 0 Å². The van der Waals surface area contributed by atoms with E-state index in [1.807, 2.05) is 30.3 Å². The second-order valence-electron chi connectivity index (χ2n) is 6.29. The van der Waals surface area contributed by atoms with E-state index in [-0.39, 0.29) is 6.42 Å². The zero-order chi connectivity index (χ0) is 19.7. The molecule has 26 heavy (non-hydrogen) atoms. The quantitative estimate of drug-likeness (QED) is 0.500. The van der Waals surface area contributed by atoms with Gasteiger partial charge in [0.25, 0.3) is 0 Å². The molecule has 0 aromatic heterocycles. The summed E-state index contributed by atoms with van der Waals surface area (Å²) < 4.78 is 23.9. The molecule has 1 aromatic rings. The van der Waals surface area contributed by atoms with Crippen LogP contribution in [0.15, 0.2) is 30.3 Å². The molecule has 0 aliphatic carbocycles. The van der Waals surface area contributed by atoms with Crippen LogP contribution in [0, 0.1) is 0 Å². The molecule has 0 saturated carbocycles. The first-order valence-electron chi connectivity index (χ1n) is 8.39. The van der Waals surface area contributed by atoms with Crippen LogP contribution in [-0.2, 0) is 29.6 Å². The Morgan fingerprint density at radius 2 is 1.62 bits per heavy atom. The zero-order valence-corrected chi connectivity index (χ0v) is 16.4. The Balaban J connectivity index is 3.01. The molecule has 1 rings (SSSR count). The molecule has 0 heterocycles. The molecule has 0 fully saturated rings. The van der Waals surface area contributed by atoms with E-state index in [2.05, 4.69) is 10.4 Å². The number of carboxylic acid groups (broad SMARTS) is 1. The molecule has 9 heteroatoms. The van der Waals surface area contributed by atoms with E-state index in [0.29, 0.717) is 0 Å². The predicted octanol–water partition coefficient (Wildman–Crippen LogP) is 2.35. The molecule has 0 bridgehead atoms. The molecule has 1 amide bonds. The molecule has 8 nitrogen and oxygen atoms in total. The van der Waals surface area contributed by atoms with Gasteiger partial charge in [0.1, 0.15) is 12.6 Å². The van der Waals surface area contributed by atoms with Crippen LogP contribution in [0.1, 0.15) is 33.3 Å². The van der Waals surface area contributed by atoms with Crippen molar-refractivity contribution in [3.05, 3.63) is 35.9 Å². The van der Waals surface area contributed by atoms with Gasteiger partial charge in [0.15, 0.2) is 0 Å². The van der Waals surface area contributed by atoms with Crippen molar-refractivity contribution in [2.24, 2.45) is 0 Å². The van der Waals surface area contributed by atoms with Crippen molar-refractivity contribution >= 4 is 19.6 Å². The van der Waals surface area contributed by atoms with Crippen LogP contribution in [0.4, 0.5) is 0 Å². The second kappa shape index (κ2) is 10.4. The molecule has 1 aromatic carbocycles. The number of hydrogen-bond donors (Lipinski definition) is 3. The highest BCUT2D eigenvalue weighted by Gasteiger charge is 2.34. The van der Waals surface area contributed by atoms with Crippen molar-refractivity contribution < 1.29 is 28.3 Å².